The van der Waals surface area contributed by atoms with Crippen LogP contribution in [0.2, 0.25) is 0 Å². The Bertz CT molecular complexity index is 491. The number of aryl methyl sites for hydroxylation is 1. The average Bonchev–Trinajstić information content (AvgIpc) is 2.43. The number of amides is 1. The number of rotatable bonds is 6. The lowest BCUT2D eigenvalue weighted by Crippen LogP contribution is -2.31. The smallest absolute Gasteiger partial charge is 0.224 e. The Hall–Kier alpha value is -1.79. The fourth-order valence-corrected chi connectivity index (χ4v) is 2.38. The zero-order chi connectivity index (χ0) is 14.5. The Kier molecular flexibility index (Phi) is 4.81. The highest BCUT2D eigenvalue weighted by atomic mass is 16.5. The number of nitrogens with one attached hydrogen (secondary N) is 1. The van der Waals surface area contributed by atoms with Crippen molar-refractivity contribution in [1.29, 1.82) is 0 Å². The summed E-state index contributed by atoms with van der Waals surface area (Å²) in [6, 6.07) is 3.79. The number of hydrogen-bond acceptors (Lipinski definition) is 5. The molecule has 0 unspecified atom stereocenters. The number of benzene rings is 1. The van der Waals surface area contributed by atoms with Crippen molar-refractivity contribution < 1.29 is 14.6 Å². The summed E-state index contributed by atoms with van der Waals surface area (Å²) in [5.74, 6) is 0.0243. The van der Waals surface area contributed by atoms with E-state index in [1.54, 1.807) is 13.2 Å². The SMILES string of the molecule is COCCN(CCO)c1cc2c(cc1N)NC(=O)CC2. The Morgan fingerprint density at radius 3 is 2.90 bits per heavy atom. The highest BCUT2D eigenvalue weighted by Crippen LogP contribution is 2.33. The van der Waals surface area contributed by atoms with E-state index in [2.05, 4.69) is 5.32 Å². The van der Waals surface area contributed by atoms with E-state index in [1.807, 2.05) is 11.0 Å². The topological polar surface area (TPSA) is 87.8 Å². The third kappa shape index (κ3) is 3.20. The largest absolute Gasteiger partial charge is 0.397 e. The van der Waals surface area contributed by atoms with E-state index in [1.165, 1.54) is 0 Å². The van der Waals surface area contributed by atoms with Crippen LogP contribution in [0.4, 0.5) is 17.1 Å². The first-order valence-corrected chi connectivity index (χ1v) is 6.72. The number of nitrogens with two attached hydrogens (primary N) is 1. The molecule has 0 aliphatic carbocycles. The van der Waals surface area contributed by atoms with Crippen molar-refractivity contribution in [3.63, 3.8) is 0 Å². The van der Waals surface area contributed by atoms with E-state index in [0.717, 1.165) is 16.9 Å². The monoisotopic (exact) mass is 279 g/mol. The fraction of sp³-hybridized carbons (Fsp3) is 0.500. The van der Waals surface area contributed by atoms with E-state index in [9.17, 15) is 9.90 Å². The van der Waals surface area contributed by atoms with Gasteiger partial charge in [-0.2, -0.15) is 0 Å². The molecule has 2 rings (SSSR count). The minimum atomic E-state index is 0.0243. The molecule has 0 bridgehead atoms. The normalized spacial score (nSPS) is 13.8. The van der Waals surface area contributed by atoms with Gasteiger partial charge in [0.25, 0.3) is 0 Å². The second-order valence-corrected chi connectivity index (χ2v) is 4.82. The molecule has 0 aromatic heterocycles. The number of aliphatic hydroxyl groups excluding tert-OH is 1. The van der Waals surface area contributed by atoms with Crippen LogP contribution in [-0.4, -0.2) is 44.4 Å². The van der Waals surface area contributed by atoms with Crippen molar-refractivity contribution in [3.05, 3.63) is 17.7 Å². The van der Waals surface area contributed by atoms with Crippen molar-refractivity contribution >= 4 is 23.0 Å². The summed E-state index contributed by atoms with van der Waals surface area (Å²) >= 11 is 0. The summed E-state index contributed by atoms with van der Waals surface area (Å²) in [4.78, 5) is 13.4. The van der Waals surface area contributed by atoms with E-state index >= 15 is 0 Å². The van der Waals surface area contributed by atoms with Crippen molar-refractivity contribution in [2.24, 2.45) is 0 Å². The summed E-state index contributed by atoms with van der Waals surface area (Å²) < 4.78 is 5.09. The van der Waals surface area contributed by atoms with Gasteiger partial charge in [0.2, 0.25) is 5.91 Å². The molecule has 0 spiro atoms. The van der Waals surface area contributed by atoms with Crippen LogP contribution in [0.1, 0.15) is 12.0 Å². The van der Waals surface area contributed by atoms with Gasteiger partial charge in [-0.3, -0.25) is 4.79 Å². The zero-order valence-electron chi connectivity index (χ0n) is 11.7. The van der Waals surface area contributed by atoms with Gasteiger partial charge < -0.3 is 25.8 Å². The number of methoxy groups -OCH3 is 1. The Labute approximate surface area is 118 Å². The van der Waals surface area contributed by atoms with Crippen molar-refractivity contribution in [3.8, 4) is 0 Å². The zero-order valence-corrected chi connectivity index (χ0v) is 11.7. The predicted octanol–water partition coefficient (Wildman–Crippen LogP) is 0.599. The maximum atomic E-state index is 11.4. The summed E-state index contributed by atoms with van der Waals surface area (Å²) in [5.41, 5.74) is 9.42. The molecular weight excluding hydrogens is 258 g/mol. The molecule has 1 aliphatic heterocycles. The Morgan fingerprint density at radius 2 is 2.20 bits per heavy atom. The van der Waals surface area contributed by atoms with Crippen molar-refractivity contribution in [1.82, 2.24) is 0 Å². The summed E-state index contributed by atoms with van der Waals surface area (Å²) in [6.07, 6.45) is 1.21. The van der Waals surface area contributed by atoms with Crippen LogP contribution in [0.15, 0.2) is 12.1 Å². The number of anilines is 3. The lowest BCUT2D eigenvalue weighted by Gasteiger charge is -2.27. The molecule has 6 heteroatoms. The lowest BCUT2D eigenvalue weighted by atomic mass is 10.0. The second-order valence-electron chi connectivity index (χ2n) is 4.82. The van der Waals surface area contributed by atoms with Gasteiger partial charge >= 0.3 is 0 Å². The van der Waals surface area contributed by atoms with Gasteiger partial charge in [-0.05, 0) is 24.1 Å². The molecule has 4 N–H and O–H groups in total. The number of nitrogens with zero attached hydrogens (tertiary/aromatic N) is 1. The Morgan fingerprint density at radius 1 is 1.40 bits per heavy atom. The number of nitrogen functional groups attached to an aromatic ring is 1. The fourth-order valence-electron chi connectivity index (χ4n) is 2.38. The third-order valence-corrected chi connectivity index (χ3v) is 3.42. The van der Waals surface area contributed by atoms with Gasteiger partial charge in [-0.15, -0.1) is 0 Å². The van der Waals surface area contributed by atoms with E-state index in [4.69, 9.17) is 10.5 Å². The maximum Gasteiger partial charge on any atom is 0.224 e. The molecule has 20 heavy (non-hydrogen) atoms. The lowest BCUT2D eigenvalue weighted by molar-refractivity contribution is -0.116. The van der Waals surface area contributed by atoms with Crippen LogP contribution in [0.25, 0.3) is 0 Å². The summed E-state index contributed by atoms with van der Waals surface area (Å²) in [5, 5.41) is 12.0. The first kappa shape index (κ1) is 14.6. The summed E-state index contributed by atoms with van der Waals surface area (Å²) in [6.45, 7) is 1.77. The van der Waals surface area contributed by atoms with Gasteiger partial charge in [0.15, 0.2) is 0 Å². The molecule has 0 atom stereocenters. The number of carbonyl (C=O) groups excluding carboxylic acids is 1. The molecule has 1 aliphatic rings. The molecule has 0 fully saturated rings. The van der Waals surface area contributed by atoms with Gasteiger partial charge in [-0.1, -0.05) is 0 Å². The maximum absolute atomic E-state index is 11.4. The molecule has 0 saturated heterocycles. The molecule has 6 nitrogen and oxygen atoms in total. The van der Waals surface area contributed by atoms with Crippen LogP contribution in [-0.2, 0) is 16.0 Å². The standard InChI is InChI=1S/C14H21N3O3/c1-20-7-5-17(4-6-18)13-8-10-2-3-14(19)16-12(10)9-11(13)15/h8-9,18H,2-7,15H2,1H3,(H,16,19). The molecule has 0 radical (unpaired) electrons. The number of hydrogen-bond donors (Lipinski definition) is 3. The second kappa shape index (κ2) is 6.58. The number of carbonyl (C=O) groups is 1. The highest BCUT2D eigenvalue weighted by molar-refractivity contribution is 5.95. The first-order valence-electron chi connectivity index (χ1n) is 6.72. The van der Waals surface area contributed by atoms with Crippen LogP contribution in [0.3, 0.4) is 0 Å². The van der Waals surface area contributed by atoms with Gasteiger partial charge in [-0.25, -0.2) is 0 Å². The molecule has 1 amide bonds. The molecular formula is C14H21N3O3. The molecule has 1 heterocycles. The number of ether oxygens (including phenoxy) is 1. The molecule has 110 valence electrons. The van der Waals surface area contributed by atoms with Crippen molar-refractivity contribution in [2.75, 3.05) is 49.4 Å². The molecule has 1 aromatic carbocycles. The Balaban J connectivity index is 2.27. The van der Waals surface area contributed by atoms with Gasteiger partial charge in [0.1, 0.15) is 0 Å². The number of aliphatic hydroxyl groups is 1. The van der Waals surface area contributed by atoms with Gasteiger partial charge in [0.05, 0.1) is 24.6 Å². The first-order chi connectivity index (χ1) is 9.65. The van der Waals surface area contributed by atoms with E-state index in [-0.39, 0.29) is 12.5 Å². The van der Waals surface area contributed by atoms with Crippen LogP contribution in [0.5, 0.6) is 0 Å². The van der Waals surface area contributed by atoms with Crippen molar-refractivity contribution in [2.45, 2.75) is 12.8 Å². The van der Waals surface area contributed by atoms with Crippen LogP contribution < -0.4 is 16.0 Å². The predicted molar refractivity (Wildman–Crippen MR) is 79.0 cm³/mol. The van der Waals surface area contributed by atoms with E-state index in [0.29, 0.717) is 38.2 Å². The average molecular weight is 279 g/mol. The molecule has 0 saturated carbocycles. The van der Waals surface area contributed by atoms with Crippen LogP contribution in [0, 0.1) is 0 Å². The van der Waals surface area contributed by atoms with Crippen LogP contribution >= 0.6 is 0 Å². The highest BCUT2D eigenvalue weighted by Gasteiger charge is 2.18. The quantitative estimate of drug-likeness (QED) is 0.664. The minimum absolute atomic E-state index is 0.0243. The minimum Gasteiger partial charge on any atom is -0.397 e. The summed E-state index contributed by atoms with van der Waals surface area (Å²) in [7, 11) is 1.64. The molecule has 1 aromatic rings. The third-order valence-electron chi connectivity index (χ3n) is 3.42. The number of fused-ring (bicyclic) bond motifs is 1. The van der Waals surface area contributed by atoms with Gasteiger partial charge in [0, 0.05) is 32.3 Å². The van der Waals surface area contributed by atoms with E-state index < -0.39 is 0 Å².